The SMILES string of the molecule is C#CCOCN(C(=O)CCl)C1=C(CC)CCCC1CC. The summed E-state index contributed by atoms with van der Waals surface area (Å²) in [5.74, 6) is 2.70. The maximum absolute atomic E-state index is 12.2. The van der Waals surface area contributed by atoms with Gasteiger partial charge in [-0.15, -0.1) is 18.0 Å². The normalized spacial score (nSPS) is 18.8. The van der Waals surface area contributed by atoms with Crippen LogP contribution in [0.4, 0.5) is 0 Å². The van der Waals surface area contributed by atoms with E-state index in [1.54, 1.807) is 4.90 Å². The Labute approximate surface area is 127 Å². The third kappa shape index (κ3) is 4.26. The molecule has 1 amide bonds. The number of amides is 1. The number of nitrogens with zero attached hydrogens (tertiary/aromatic N) is 1. The Morgan fingerprint density at radius 1 is 1.55 bits per heavy atom. The summed E-state index contributed by atoms with van der Waals surface area (Å²) in [5.41, 5.74) is 2.48. The van der Waals surface area contributed by atoms with E-state index in [4.69, 9.17) is 22.8 Å². The zero-order chi connectivity index (χ0) is 15.0. The first kappa shape index (κ1) is 17.1. The Morgan fingerprint density at radius 3 is 2.85 bits per heavy atom. The highest BCUT2D eigenvalue weighted by atomic mass is 35.5. The van der Waals surface area contributed by atoms with Crippen molar-refractivity contribution in [2.45, 2.75) is 46.0 Å². The number of alkyl halides is 1. The van der Waals surface area contributed by atoms with Crippen LogP contribution in [-0.2, 0) is 9.53 Å². The maximum Gasteiger partial charge on any atom is 0.243 e. The lowest BCUT2D eigenvalue weighted by Gasteiger charge is -2.35. The van der Waals surface area contributed by atoms with Crippen molar-refractivity contribution in [2.24, 2.45) is 5.92 Å². The average Bonchev–Trinajstić information content (AvgIpc) is 2.50. The second-order valence-electron chi connectivity index (χ2n) is 4.98. The fourth-order valence-corrected chi connectivity index (χ4v) is 2.97. The van der Waals surface area contributed by atoms with E-state index in [1.807, 2.05) is 0 Å². The predicted molar refractivity (Wildman–Crippen MR) is 82.2 cm³/mol. The highest BCUT2D eigenvalue weighted by molar-refractivity contribution is 6.27. The highest BCUT2D eigenvalue weighted by Gasteiger charge is 2.28. The van der Waals surface area contributed by atoms with Crippen LogP contribution in [0.2, 0.25) is 0 Å². The van der Waals surface area contributed by atoms with Gasteiger partial charge in [0.1, 0.15) is 19.2 Å². The average molecular weight is 298 g/mol. The number of terminal acetylenes is 1. The van der Waals surface area contributed by atoms with Crippen molar-refractivity contribution in [3.63, 3.8) is 0 Å². The molecule has 0 aliphatic heterocycles. The number of hydrogen-bond donors (Lipinski definition) is 0. The van der Waals surface area contributed by atoms with E-state index in [0.717, 1.165) is 31.4 Å². The Morgan fingerprint density at radius 2 is 2.30 bits per heavy atom. The van der Waals surface area contributed by atoms with Crippen LogP contribution in [0.3, 0.4) is 0 Å². The van der Waals surface area contributed by atoms with Crippen LogP contribution in [0.5, 0.6) is 0 Å². The lowest BCUT2D eigenvalue weighted by Crippen LogP contribution is -2.38. The number of carbonyl (C=O) groups is 1. The Balaban J connectivity index is 3.03. The number of hydrogen-bond acceptors (Lipinski definition) is 2. The minimum atomic E-state index is -0.106. The van der Waals surface area contributed by atoms with Crippen molar-refractivity contribution < 1.29 is 9.53 Å². The summed E-state index contributed by atoms with van der Waals surface area (Å²) < 4.78 is 5.38. The van der Waals surface area contributed by atoms with E-state index in [-0.39, 0.29) is 25.1 Å². The van der Waals surface area contributed by atoms with Crippen LogP contribution in [0.1, 0.15) is 46.0 Å². The van der Waals surface area contributed by atoms with Gasteiger partial charge in [-0.3, -0.25) is 9.69 Å². The number of allylic oxidation sites excluding steroid dienone is 2. The summed E-state index contributed by atoms with van der Waals surface area (Å²) in [7, 11) is 0. The van der Waals surface area contributed by atoms with Gasteiger partial charge in [-0.05, 0) is 38.0 Å². The highest BCUT2D eigenvalue weighted by Crippen LogP contribution is 2.36. The van der Waals surface area contributed by atoms with Crippen molar-refractivity contribution in [2.75, 3.05) is 19.2 Å². The van der Waals surface area contributed by atoms with Gasteiger partial charge in [0, 0.05) is 5.70 Å². The van der Waals surface area contributed by atoms with Crippen LogP contribution in [0.25, 0.3) is 0 Å². The number of carbonyl (C=O) groups excluding carboxylic acids is 1. The molecular formula is C16H24ClNO2. The summed E-state index contributed by atoms with van der Waals surface area (Å²) in [6, 6.07) is 0. The molecule has 1 rings (SSSR count). The lowest BCUT2D eigenvalue weighted by atomic mass is 9.83. The van der Waals surface area contributed by atoms with Gasteiger partial charge in [-0.2, -0.15) is 0 Å². The first-order chi connectivity index (χ1) is 9.69. The summed E-state index contributed by atoms with van der Waals surface area (Å²) in [4.78, 5) is 13.9. The van der Waals surface area contributed by atoms with Crippen molar-refractivity contribution in [1.82, 2.24) is 4.90 Å². The fourth-order valence-electron chi connectivity index (χ4n) is 2.83. The molecule has 1 aliphatic rings. The number of ether oxygens (including phenoxy) is 1. The van der Waals surface area contributed by atoms with Gasteiger partial charge in [0.25, 0.3) is 0 Å². The van der Waals surface area contributed by atoms with Crippen LogP contribution < -0.4 is 0 Å². The van der Waals surface area contributed by atoms with E-state index in [2.05, 4.69) is 19.8 Å². The summed E-state index contributed by atoms with van der Waals surface area (Å²) in [5, 5.41) is 0. The van der Waals surface area contributed by atoms with Gasteiger partial charge in [-0.25, -0.2) is 0 Å². The Kier molecular flexibility index (Phi) is 7.72. The molecule has 4 heteroatoms. The Hall–Kier alpha value is -0.980. The molecule has 1 atom stereocenters. The Bertz CT molecular complexity index is 398. The lowest BCUT2D eigenvalue weighted by molar-refractivity contribution is -0.131. The molecular weight excluding hydrogens is 274 g/mol. The molecule has 0 aromatic carbocycles. The minimum Gasteiger partial charge on any atom is -0.348 e. The molecule has 1 aliphatic carbocycles. The molecule has 0 aromatic rings. The van der Waals surface area contributed by atoms with Gasteiger partial charge in [0.15, 0.2) is 0 Å². The quantitative estimate of drug-likeness (QED) is 0.311. The molecule has 0 N–H and O–H groups in total. The smallest absolute Gasteiger partial charge is 0.243 e. The van der Waals surface area contributed by atoms with Gasteiger partial charge in [0.2, 0.25) is 5.91 Å². The summed E-state index contributed by atoms with van der Waals surface area (Å²) >= 11 is 5.75. The molecule has 0 radical (unpaired) electrons. The largest absolute Gasteiger partial charge is 0.348 e. The van der Waals surface area contributed by atoms with E-state index in [1.165, 1.54) is 12.0 Å². The molecule has 0 saturated carbocycles. The van der Waals surface area contributed by atoms with Gasteiger partial charge in [0.05, 0.1) is 0 Å². The van der Waals surface area contributed by atoms with E-state index < -0.39 is 0 Å². The number of halogens is 1. The van der Waals surface area contributed by atoms with Crippen molar-refractivity contribution in [3.05, 3.63) is 11.3 Å². The van der Waals surface area contributed by atoms with Crippen molar-refractivity contribution in [3.8, 4) is 12.3 Å². The molecule has 0 bridgehead atoms. The molecule has 0 aromatic heterocycles. The van der Waals surface area contributed by atoms with E-state index in [0.29, 0.717) is 5.92 Å². The first-order valence-corrected chi connectivity index (χ1v) is 7.82. The van der Waals surface area contributed by atoms with Crippen LogP contribution in [0.15, 0.2) is 11.3 Å². The zero-order valence-corrected chi connectivity index (χ0v) is 13.2. The van der Waals surface area contributed by atoms with Gasteiger partial charge in [-0.1, -0.05) is 25.3 Å². The monoisotopic (exact) mass is 297 g/mol. The number of rotatable bonds is 7. The minimum absolute atomic E-state index is 0.0314. The molecule has 112 valence electrons. The van der Waals surface area contributed by atoms with Gasteiger partial charge < -0.3 is 4.74 Å². The topological polar surface area (TPSA) is 29.5 Å². The van der Waals surface area contributed by atoms with Crippen LogP contribution >= 0.6 is 11.6 Å². The van der Waals surface area contributed by atoms with Crippen LogP contribution in [-0.4, -0.2) is 30.0 Å². The van der Waals surface area contributed by atoms with Gasteiger partial charge >= 0.3 is 0 Å². The third-order valence-electron chi connectivity index (χ3n) is 3.81. The molecule has 20 heavy (non-hydrogen) atoms. The summed E-state index contributed by atoms with van der Waals surface area (Å²) in [6.07, 6.45) is 10.6. The van der Waals surface area contributed by atoms with Crippen molar-refractivity contribution >= 4 is 17.5 Å². The second kappa shape index (κ2) is 9.05. The second-order valence-corrected chi connectivity index (χ2v) is 5.24. The standard InChI is InChI=1S/C16H24ClNO2/c1-4-10-20-12-18(15(19)11-17)16-13(5-2)8-7-9-14(16)6-3/h1,13H,5-12H2,2-3H3. The maximum atomic E-state index is 12.2. The third-order valence-corrected chi connectivity index (χ3v) is 4.04. The fraction of sp³-hybridized carbons (Fsp3) is 0.688. The molecule has 1 unspecified atom stereocenters. The van der Waals surface area contributed by atoms with Crippen molar-refractivity contribution in [1.29, 1.82) is 0 Å². The molecule has 0 heterocycles. The van der Waals surface area contributed by atoms with Crippen LogP contribution in [0, 0.1) is 18.3 Å². The first-order valence-electron chi connectivity index (χ1n) is 7.28. The molecule has 0 saturated heterocycles. The predicted octanol–water partition coefficient (Wildman–Crippen LogP) is 3.54. The van der Waals surface area contributed by atoms with E-state index in [9.17, 15) is 4.79 Å². The summed E-state index contributed by atoms with van der Waals surface area (Å²) in [6.45, 7) is 4.70. The molecule has 0 fully saturated rings. The zero-order valence-electron chi connectivity index (χ0n) is 12.5. The molecule has 3 nitrogen and oxygen atoms in total. The molecule has 0 spiro atoms. The van der Waals surface area contributed by atoms with E-state index >= 15 is 0 Å².